The van der Waals surface area contributed by atoms with Gasteiger partial charge in [-0.3, -0.25) is 14.4 Å². The molecule has 0 radical (unpaired) electrons. The summed E-state index contributed by atoms with van der Waals surface area (Å²) >= 11 is 5.92. The van der Waals surface area contributed by atoms with Gasteiger partial charge in [-0.1, -0.05) is 11.6 Å². The molecule has 1 aromatic heterocycles. The lowest BCUT2D eigenvalue weighted by atomic mass is 10.1. The molecule has 4 rings (SSSR count). The molecule has 1 aliphatic rings. The number of aromatic amines is 1. The van der Waals surface area contributed by atoms with Crippen LogP contribution in [0.2, 0.25) is 5.02 Å². The molecule has 1 aliphatic heterocycles. The second kappa shape index (κ2) is 10.4. The fourth-order valence-corrected chi connectivity index (χ4v) is 3.69. The molecule has 0 unspecified atom stereocenters. The molecule has 0 bridgehead atoms. The van der Waals surface area contributed by atoms with E-state index in [1.54, 1.807) is 24.3 Å². The molecule has 0 saturated carbocycles. The van der Waals surface area contributed by atoms with Gasteiger partial charge in [0.15, 0.2) is 5.69 Å². The first-order valence-corrected chi connectivity index (χ1v) is 10.9. The number of nitrogens with zero attached hydrogens (tertiary/aromatic N) is 1. The number of nitrogens with one attached hydrogen (secondary N) is 4. The van der Waals surface area contributed by atoms with Crippen molar-refractivity contribution in [2.24, 2.45) is 0 Å². The lowest BCUT2D eigenvalue weighted by Crippen LogP contribution is -2.39. The SMILES string of the molecule is O=C(Nc1ccc(NC(=O)c2nc[nH]c2C(=O)NC2CCOCC2)cc1)c1ccc(F)cc1Cl. The van der Waals surface area contributed by atoms with Gasteiger partial charge in [0.2, 0.25) is 0 Å². The zero-order valence-electron chi connectivity index (χ0n) is 17.9. The van der Waals surface area contributed by atoms with Crippen LogP contribution in [0.4, 0.5) is 15.8 Å². The number of anilines is 2. The van der Waals surface area contributed by atoms with Crippen molar-refractivity contribution in [1.82, 2.24) is 15.3 Å². The van der Waals surface area contributed by atoms with Gasteiger partial charge in [0.05, 0.1) is 16.9 Å². The molecule has 176 valence electrons. The maximum atomic E-state index is 13.2. The first-order chi connectivity index (χ1) is 16.4. The Morgan fingerprint density at radius 1 is 0.971 bits per heavy atom. The summed E-state index contributed by atoms with van der Waals surface area (Å²) in [6, 6.07) is 9.79. The molecule has 0 atom stereocenters. The third kappa shape index (κ3) is 5.59. The van der Waals surface area contributed by atoms with Gasteiger partial charge in [-0.25, -0.2) is 9.37 Å². The largest absolute Gasteiger partial charge is 0.381 e. The normalized spacial score (nSPS) is 13.8. The summed E-state index contributed by atoms with van der Waals surface area (Å²) in [6.45, 7) is 1.16. The molecule has 11 heteroatoms. The number of amides is 3. The number of rotatable bonds is 6. The lowest BCUT2D eigenvalue weighted by molar-refractivity contribution is 0.0692. The Bertz CT molecular complexity index is 1210. The van der Waals surface area contributed by atoms with E-state index in [0.717, 1.165) is 12.1 Å². The Balaban J connectivity index is 1.37. The fraction of sp³-hybridized carbons (Fsp3) is 0.217. The zero-order chi connectivity index (χ0) is 24.1. The summed E-state index contributed by atoms with van der Waals surface area (Å²) < 4.78 is 18.5. The quantitative estimate of drug-likeness (QED) is 0.424. The van der Waals surface area contributed by atoms with E-state index < -0.39 is 23.5 Å². The van der Waals surface area contributed by atoms with Crippen molar-refractivity contribution in [3.63, 3.8) is 0 Å². The molecular formula is C23H21ClFN5O4. The van der Waals surface area contributed by atoms with Crippen LogP contribution in [0, 0.1) is 5.82 Å². The molecule has 0 spiro atoms. The van der Waals surface area contributed by atoms with E-state index >= 15 is 0 Å². The van der Waals surface area contributed by atoms with E-state index in [0.29, 0.717) is 37.4 Å². The van der Waals surface area contributed by atoms with Crippen molar-refractivity contribution >= 4 is 40.7 Å². The van der Waals surface area contributed by atoms with E-state index in [9.17, 15) is 18.8 Å². The van der Waals surface area contributed by atoms with Crippen molar-refractivity contribution in [2.75, 3.05) is 23.8 Å². The number of H-pyrrole nitrogens is 1. The van der Waals surface area contributed by atoms with Crippen LogP contribution >= 0.6 is 11.6 Å². The number of benzene rings is 2. The van der Waals surface area contributed by atoms with Gasteiger partial charge in [-0.05, 0) is 55.3 Å². The zero-order valence-corrected chi connectivity index (χ0v) is 18.6. The van der Waals surface area contributed by atoms with E-state index in [-0.39, 0.29) is 28.0 Å². The number of carbonyl (C=O) groups is 3. The summed E-state index contributed by atoms with van der Waals surface area (Å²) in [4.78, 5) is 44.3. The Morgan fingerprint density at radius 2 is 1.62 bits per heavy atom. The van der Waals surface area contributed by atoms with Crippen LogP contribution in [0.5, 0.6) is 0 Å². The third-order valence-corrected chi connectivity index (χ3v) is 5.53. The van der Waals surface area contributed by atoms with Crippen LogP contribution < -0.4 is 16.0 Å². The van der Waals surface area contributed by atoms with E-state index in [4.69, 9.17) is 16.3 Å². The van der Waals surface area contributed by atoms with Crippen molar-refractivity contribution < 1.29 is 23.5 Å². The van der Waals surface area contributed by atoms with E-state index in [1.165, 1.54) is 12.4 Å². The van der Waals surface area contributed by atoms with Gasteiger partial charge in [0.1, 0.15) is 11.5 Å². The van der Waals surface area contributed by atoms with Gasteiger partial charge >= 0.3 is 0 Å². The molecule has 1 saturated heterocycles. The molecule has 1 fully saturated rings. The maximum absolute atomic E-state index is 13.2. The van der Waals surface area contributed by atoms with Crippen molar-refractivity contribution in [1.29, 1.82) is 0 Å². The highest BCUT2D eigenvalue weighted by molar-refractivity contribution is 6.34. The Hall–Kier alpha value is -3.76. The molecule has 3 aromatic rings. The highest BCUT2D eigenvalue weighted by Gasteiger charge is 2.23. The van der Waals surface area contributed by atoms with Crippen molar-refractivity contribution in [3.8, 4) is 0 Å². The van der Waals surface area contributed by atoms with Gasteiger partial charge in [0.25, 0.3) is 17.7 Å². The maximum Gasteiger partial charge on any atom is 0.276 e. The van der Waals surface area contributed by atoms with Crippen LogP contribution in [0.1, 0.15) is 44.2 Å². The number of halogens is 2. The Kier molecular flexibility index (Phi) is 7.19. The van der Waals surface area contributed by atoms with Crippen molar-refractivity contribution in [3.05, 3.63) is 76.6 Å². The van der Waals surface area contributed by atoms with E-state index in [2.05, 4.69) is 25.9 Å². The van der Waals surface area contributed by atoms with Gasteiger partial charge in [0, 0.05) is 30.6 Å². The molecule has 9 nitrogen and oxygen atoms in total. The predicted octanol–water partition coefficient (Wildman–Crippen LogP) is 3.62. The minimum atomic E-state index is -0.562. The molecular weight excluding hydrogens is 465 g/mol. The van der Waals surface area contributed by atoms with E-state index in [1.807, 2.05) is 0 Å². The highest BCUT2D eigenvalue weighted by atomic mass is 35.5. The molecule has 2 aromatic carbocycles. The van der Waals surface area contributed by atoms with Crippen LogP contribution in [-0.4, -0.2) is 46.9 Å². The first-order valence-electron chi connectivity index (χ1n) is 10.5. The van der Waals surface area contributed by atoms with Crippen LogP contribution in [0.15, 0.2) is 48.8 Å². The summed E-state index contributed by atoms with van der Waals surface area (Å²) in [5, 5.41) is 8.21. The standard InChI is InChI=1S/C23H21ClFN5O4/c24-18-11-13(25)1-6-17(18)21(31)28-14-2-4-15(5-3-14)29-22(32)19-20(27-12-26-19)23(33)30-16-7-9-34-10-8-16/h1-6,11-12,16H,7-10H2,(H,26,27)(H,28,31)(H,29,32)(H,30,33). The number of imidazole rings is 1. The number of carbonyl (C=O) groups excluding carboxylic acids is 3. The number of aromatic nitrogens is 2. The smallest absolute Gasteiger partial charge is 0.276 e. The minimum Gasteiger partial charge on any atom is -0.381 e. The molecule has 4 N–H and O–H groups in total. The molecule has 34 heavy (non-hydrogen) atoms. The van der Waals surface area contributed by atoms with Gasteiger partial charge in [-0.15, -0.1) is 0 Å². The Labute approximate surface area is 199 Å². The van der Waals surface area contributed by atoms with Crippen LogP contribution in [0.3, 0.4) is 0 Å². The average molecular weight is 486 g/mol. The molecule has 3 amide bonds. The van der Waals surface area contributed by atoms with Crippen LogP contribution in [-0.2, 0) is 4.74 Å². The van der Waals surface area contributed by atoms with Gasteiger partial charge < -0.3 is 25.7 Å². The van der Waals surface area contributed by atoms with Crippen LogP contribution in [0.25, 0.3) is 0 Å². The Morgan fingerprint density at radius 3 is 2.26 bits per heavy atom. The summed E-state index contributed by atoms with van der Waals surface area (Å²) in [6.07, 6.45) is 2.70. The molecule has 0 aliphatic carbocycles. The number of ether oxygens (including phenoxy) is 1. The second-order valence-corrected chi connectivity index (χ2v) is 8.00. The number of hydrogen-bond acceptors (Lipinski definition) is 5. The topological polar surface area (TPSA) is 125 Å². The van der Waals surface area contributed by atoms with Gasteiger partial charge in [-0.2, -0.15) is 0 Å². The predicted molar refractivity (Wildman–Crippen MR) is 124 cm³/mol. The monoisotopic (exact) mass is 485 g/mol. The minimum absolute atomic E-state index is 0.00273. The highest BCUT2D eigenvalue weighted by Crippen LogP contribution is 2.20. The van der Waals surface area contributed by atoms with Crippen molar-refractivity contribution in [2.45, 2.75) is 18.9 Å². The number of hydrogen-bond donors (Lipinski definition) is 4. The third-order valence-electron chi connectivity index (χ3n) is 5.21. The second-order valence-electron chi connectivity index (χ2n) is 7.60. The summed E-state index contributed by atoms with van der Waals surface area (Å²) in [5.41, 5.74) is 1.05. The first kappa shape index (κ1) is 23.4. The fourth-order valence-electron chi connectivity index (χ4n) is 3.44. The average Bonchev–Trinajstić information content (AvgIpc) is 3.31. The summed E-state index contributed by atoms with van der Waals surface area (Å²) in [7, 11) is 0. The summed E-state index contributed by atoms with van der Waals surface area (Å²) in [5.74, 6) is -2.01. The lowest BCUT2D eigenvalue weighted by Gasteiger charge is -2.22. The molecule has 2 heterocycles.